The third-order valence-electron chi connectivity index (χ3n) is 2.67. The molecule has 0 unspecified atom stereocenters. The summed E-state index contributed by atoms with van der Waals surface area (Å²) in [7, 11) is 0. The highest BCUT2D eigenvalue weighted by molar-refractivity contribution is 5.94. The Morgan fingerprint density at radius 2 is 2.40 bits per heavy atom. The number of carbonyl (C=O) groups excluding carboxylic acids is 1. The van der Waals surface area contributed by atoms with E-state index in [1.165, 1.54) is 0 Å². The minimum Gasteiger partial charge on any atom is -0.337 e. The number of hydrogen-bond donors (Lipinski definition) is 1. The van der Waals surface area contributed by atoms with Gasteiger partial charge in [-0.25, -0.2) is 0 Å². The van der Waals surface area contributed by atoms with Gasteiger partial charge in [0.25, 0.3) is 5.91 Å². The summed E-state index contributed by atoms with van der Waals surface area (Å²) >= 11 is 0. The van der Waals surface area contributed by atoms with Crippen LogP contribution in [0, 0.1) is 6.92 Å². The maximum Gasteiger partial charge on any atom is 0.255 e. The van der Waals surface area contributed by atoms with Crippen molar-refractivity contribution in [3.63, 3.8) is 0 Å². The molecule has 0 aliphatic carbocycles. The summed E-state index contributed by atoms with van der Waals surface area (Å²) in [5.74, 6) is 0.0375. The van der Waals surface area contributed by atoms with Crippen LogP contribution >= 0.6 is 0 Å². The first-order chi connectivity index (χ1) is 7.16. The van der Waals surface area contributed by atoms with Crippen LogP contribution in [0.1, 0.15) is 22.5 Å². The molecule has 4 heteroatoms. The molecule has 4 nitrogen and oxygen atoms in total. The van der Waals surface area contributed by atoms with Gasteiger partial charge in [0.2, 0.25) is 0 Å². The quantitative estimate of drug-likeness (QED) is 0.729. The van der Waals surface area contributed by atoms with Crippen LogP contribution in [-0.2, 0) is 0 Å². The molecule has 1 fully saturated rings. The van der Waals surface area contributed by atoms with Gasteiger partial charge in [0.15, 0.2) is 0 Å². The maximum absolute atomic E-state index is 11.9. The van der Waals surface area contributed by atoms with E-state index < -0.39 is 0 Å². The number of aryl methyl sites for hydroxylation is 1. The zero-order chi connectivity index (χ0) is 10.8. The molecule has 1 aliphatic rings. The van der Waals surface area contributed by atoms with Gasteiger partial charge in [-0.05, 0) is 25.5 Å². The van der Waals surface area contributed by atoms with E-state index in [9.17, 15) is 4.79 Å². The van der Waals surface area contributed by atoms with Gasteiger partial charge in [-0.2, -0.15) is 0 Å². The van der Waals surface area contributed by atoms with Crippen molar-refractivity contribution in [2.75, 3.05) is 13.1 Å². The molecule has 15 heavy (non-hydrogen) atoms. The summed E-state index contributed by atoms with van der Waals surface area (Å²) in [6.45, 7) is 3.32. The van der Waals surface area contributed by atoms with E-state index in [0.717, 1.165) is 18.7 Å². The van der Waals surface area contributed by atoms with Crippen molar-refractivity contribution in [3.05, 3.63) is 29.6 Å². The van der Waals surface area contributed by atoms with E-state index in [-0.39, 0.29) is 11.9 Å². The third kappa shape index (κ3) is 2.15. The molecule has 2 rings (SSSR count). The van der Waals surface area contributed by atoms with Crippen LogP contribution in [0.3, 0.4) is 0 Å². The number of nitrogens with zero attached hydrogens (tertiary/aromatic N) is 2. The number of carbonyl (C=O) groups is 1. The predicted molar refractivity (Wildman–Crippen MR) is 57.5 cm³/mol. The minimum absolute atomic E-state index is 0.0375. The van der Waals surface area contributed by atoms with Gasteiger partial charge in [0.05, 0.1) is 5.56 Å². The van der Waals surface area contributed by atoms with Crippen molar-refractivity contribution in [1.82, 2.24) is 9.88 Å². The summed E-state index contributed by atoms with van der Waals surface area (Å²) < 4.78 is 0. The zero-order valence-corrected chi connectivity index (χ0v) is 8.81. The molecule has 0 spiro atoms. The van der Waals surface area contributed by atoms with Crippen molar-refractivity contribution in [2.45, 2.75) is 19.4 Å². The highest BCUT2D eigenvalue weighted by atomic mass is 16.2. The lowest BCUT2D eigenvalue weighted by molar-refractivity contribution is 0.0790. The number of aromatic nitrogens is 1. The van der Waals surface area contributed by atoms with Crippen LogP contribution in [-0.4, -0.2) is 34.9 Å². The molecule has 1 amide bonds. The number of nitrogens with two attached hydrogens (primary N) is 1. The molecule has 1 aliphatic heterocycles. The van der Waals surface area contributed by atoms with E-state index in [2.05, 4.69) is 4.98 Å². The number of hydrogen-bond acceptors (Lipinski definition) is 3. The van der Waals surface area contributed by atoms with Crippen LogP contribution in [0.4, 0.5) is 0 Å². The monoisotopic (exact) mass is 205 g/mol. The molecule has 1 saturated heterocycles. The maximum atomic E-state index is 11.9. The molecule has 2 heterocycles. The second-order valence-corrected chi connectivity index (χ2v) is 3.99. The molecule has 1 aromatic rings. The summed E-state index contributed by atoms with van der Waals surface area (Å²) in [5, 5.41) is 0. The third-order valence-corrected chi connectivity index (χ3v) is 2.67. The number of amides is 1. The zero-order valence-electron chi connectivity index (χ0n) is 8.81. The Labute approximate surface area is 89.1 Å². The molecule has 0 saturated carbocycles. The van der Waals surface area contributed by atoms with E-state index in [1.807, 2.05) is 19.1 Å². The van der Waals surface area contributed by atoms with Crippen LogP contribution in [0.15, 0.2) is 18.3 Å². The van der Waals surface area contributed by atoms with Crippen LogP contribution in [0.2, 0.25) is 0 Å². The van der Waals surface area contributed by atoms with Gasteiger partial charge < -0.3 is 10.6 Å². The van der Waals surface area contributed by atoms with Gasteiger partial charge in [-0.3, -0.25) is 9.78 Å². The van der Waals surface area contributed by atoms with E-state index >= 15 is 0 Å². The second-order valence-electron chi connectivity index (χ2n) is 3.99. The lowest BCUT2D eigenvalue weighted by atomic mass is 10.2. The topological polar surface area (TPSA) is 59.2 Å². The van der Waals surface area contributed by atoms with Crippen LogP contribution in [0.25, 0.3) is 0 Å². The Morgan fingerprint density at radius 1 is 1.60 bits per heavy atom. The minimum atomic E-state index is 0.0375. The van der Waals surface area contributed by atoms with Crippen LogP contribution < -0.4 is 5.73 Å². The van der Waals surface area contributed by atoms with Crippen molar-refractivity contribution in [1.29, 1.82) is 0 Å². The summed E-state index contributed by atoms with van der Waals surface area (Å²) in [4.78, 5) is 17.8. The Balaban J connectivity index is 2.11. The summed E-state index contributed by atoms with van der Waals surface area (Å²) in [6, 6.07) is 3.80. The predicted octanol–water partition coefficient (Wildman–Crippen LogP) is 0.563. The van der Waals surface area contributed by atoms with Crippen LogP contribution in [0.5, 0.6) is 0 Å². The normalized spacial score (nSPS) is 20.7. The molecule has 0 bridgehead atoms. The first-order valence-corrected chi connectivity index (χ1v) is 5.14. The lowest BCUT2D eigenvalue weighted by Gasteiger charge is -2.15. The Kier molecular flexibility index (Phi) is 2.68. The molecule has 80 valence electrons. The fourth-order valence-electron chi connectivity index (χ4n) is 1.75. The average molecular weight is 205 g/mol. The second kappa shape index (κ2) is 3.98. The van der Waals surface area contributed by atoms with E-state index in [4.69, 9.17) is 5.73 Å². The smallest absolute Gasteiger partial charge is 0.255 e. The van der Waals surface area contributed by atoms with E-state index in [0.29, 0.717) is 12.1 Å². The highest BCUT2D eigenvalue weighted by Gasteiger charge is 2.24. The molecule has 2 N–H and O–H groups in total. The van der Waals surface area contributed by atoms with Gasteiger partial charge >= 0.3 is 0 Å². The Bertz CT molecular complexity index is 361. The average Bonchev–Trinajstić information content (AvgIpc) is 2.65. The van der Waals surface area contributed by atoms with Gasteiger partial charge in [0, 0.05) is 31.0 Å². The molecule has 1 aromatic heterocycles. The molecular weight excluding hydrogens is 190 g/mol. The summed E-state index contributed by atoms with van der Waals surface area (Å²) in [6.07, 6.45) is 2.52. The first kappa shape index (κ1) is 10.1. The Hall–Kier alpha value is -1.42. The highest BCUT2D eigenvalue weighted by Crippen LogP contribution is 2.11. The van der Waals surface area contributed by atoms with E-state index in [1.54, 1.807) is 11.1 Å². The van der Waals surface area contributed by atoms with Crippen molar-refractivity contribution >= 4 is 5.91 Å². The van der Waals surface area contributed by atoms with Crippen molar-refractivity contribution < 1.29 is 4.79 Å². The van der Waals surface area contributed by atoms with Crippen molar-refractivity contribution in [2.24, 2.45) is 5.73 Å². The fraction of sp³-hybridized carbons (Fsp3) is 0.455. The fourth-order valence-corrected chi connectivity index (χ4v) is 1.75. The van der Waals surface area contributed by atoms with Gasteiger partial charge in [0.1, 0.15) is 0 Å². The largest absolute Gasteiger partial charge is 0.337 e. The SMILES string of the molecule is Cc1ccc(C(=O)N2CC[C@H](N)C2)cn1. The first-order valence-electron chi connectivity index (χ1n) is 5.14. The lowest BCUT2D eigenvalue weighted by Crippen LogP contribution is -2.31. The Morgan fingerprint density at radius 3 is 2.93 bits per heavy atom. The molecule has 0 aromatic carbocycles. The number of likely N-dealkylation sites (tertiary alicyclic amines) is 1. The summed E-state index contributed by atoms with van der Waals surface area (Å²) in [5.41, 5.74) is 7.32. The van der Waals surface area contributed by atoms with Crippen molar-refractivity contribution in [3.8, 4) is 0 Å². The number of rotatable bonds is 1. The standard InChI is InChI=1S/C11H15N3O/c1-8-2-3-9(6-13-8)11(15)14-5-4-10(12)7-14/h2-3,6,10H,4-5,7,12H2,1H3/t10-/m0/s1. The van der Waals surface area contributed by atoms with Gasteiger partial charge in [-0.15, -0.1) is 0 Å². The molecule has 0 radical (unpaired) electrons. The molecular formula is C11H15N3O. The number of pyridine rings is 1. The molecule has 1 atom stereocenters. The van der Waals surface area contributed by atoms with Gasteiger partial charge in [-0.1, -0.05) is 0 Å².